The number of thiophene rings is 1. The maximum atomic E-state index is 2.31. The second kappa shape index (κ2) is 2.76. The molecule has 2 aromatic rings. The highest BCUT2D eigenvalue weighted by Gasteiger charge is 2.22. The van der Waals surface area contributed by atoms with E-state index in [0.717, 1.165) is 5.25 Å². The van der Waals surface area contributed by atoms with Gasteiger partial charge in [0.05, 0.1) is 4.21 Å². The largest absolute Gasteiger partial charge is 0.129 e. The van der Waals surface area contributed by atoms with E-state index in [2.05, 4.69) is 31.2 Å². The fraction of sp³-hybridized carbons (Fsp3) is 0.273. The molecule has 0 amide bonds. The molecule has 0 aliphatic carbocycles. The molecule has 1 unspecified atom stereocenters. The van der Waals surface area contributed by atoms with E-state index in [4.69, 9.17) is 0 Å². The molecule has 1 aromatic heterocycles. The van der Waals surface area contributed by atoms with Gasteiger partial charge < -0.3 is 0 Å². The Morgan fingerprint density at radius 2 is 2.15 bits per heavy atom. The van der Waals surface area contributed by atoms with Crippen molar-refractivity contribution in [3.8, 4) is 0 Å². The highest BCUT2D eigenvalue weighted by molar-refractivity contribution is 8.02. The van der Waals surface area contributed by atoms with Gasteiger partial charge in [0.2, 0.25) is 0 Å². The molecule has 1 aliphatic rings. The highest BCUT2D eigenvalue weighted by atomic mass is 32.2. The van der Waals surface area contributed by atoms with Crippen molar-refractivity contribution in [2.24, 2.45) is 0 Å². The SMILES string of the molecule is CC1Cc2c(sc3ccccc23)S1. The molecule has 1 aromatic carbocycles. The van der Waals surface area contributed by atoms with Crippen LogP contribution in [0.1, 0.15) is 12.5 Å². The maximum absolute atomic E-state index is 2.31. The first kappa shape index (κ1) is 7.89. The number of thioether (sulfide) groups is 1. The van der Waals surface area contributed by atoms with Crippen LogP contribution in [-0.4, -0.2) is 5.25 Å². The van der Waals surface area contributed by atoms with Crippen molar-refractivity contribution in [3.63, 3.8) is 0 Å². The molecule has 1 atom stereocenters. The molecule has 2 heteroatoms. The summed E-state index contributed by atoms with van der Waals surface area (Å²) in [6.45, 7) is 2.31. The van der Waals surface area contributed by atoms with E-state index in [9.17, 15) is 0 Å². The normalized spacial score (nSPS) is 20.8. The minimum atomic E-state index is 0.783. The van der Waals surface area contributed by atoms with Gasteiger partial charge in [-0.1, -0.05) is 25.1 Å². The lowest BCUT2D eigenvalue weighted by atomic mass is 10.1. The molecule has 0 nitrogen and oxygen atoms in total. The Labute approximate surface area is 86.0 Å². The lowest BCUT2D eigenvalue weighted by molar-refractivity contribution is 0.973. The van der Waals surface area contributed by atoms with Crippen molar-refractivity contribution < 1.29 is 0 Å². The van der Waals surface area contributed by atoms with Gasteiger partial charge in [-0.05, 0) is 23.4 Å². The molecular formula is C11H10S2. The van der Waals surface area contributed by atoms with Crippen LogP contribution in [-0.2, 0) is 6.42 Å². The van der Waals surface area contributed by atoms with Gasteiger partial charge in [-0.15, -0.1) is 23.1 Å². The Bertz CT molecular complexity index is 456. The zero-order valence-electron chi connectivity index (χ0n) is 7.41. The quantitative estimate of drug-likeness (QED) is 0.629. The van der Waals surface area contributed by atoms with E-state index in [0.29, 0.717) is 0 Å². The fourth-order valence-corrected chi connectivity index (χ4v) is 4.75. The van der Waals surface area contributed by atoms with Crippen LogP contribution in [0.5, 0.6) is 0 Å². The Balaban J connectivity index is 2.31. The van der Waals surface area contributed by atoms with Crippen molar-refractivity contribution in [1.82, 2.24) is 0 Å². The summed E-state index contributed by atoms with van der Waals surface area (Å²) in [4.78, 5) is 0. The van der Waals surface area contributed by atoms with Crippen LogP contribution >= 0.6 is 23.1 Å². The van der Waals surface area contributed by atoms with E-state index < -0.39 is 0 Å². The van der Waals surface area contributed by atoms with Gasteiger partial charge >= 0.3 is 0 Å². The average molecular weight is 206 g/mol. The third-order valence-electron chi connectivity index (χ3n) is 2.46. The van der Waals surface area contributed by atoms with Crippen molar-refractivity contribution in [3.05, 3.63) is 29.8 Å². The third-order valence-corrected chi connectivity index (χ3v) is 5.04. The van der Waals surface area contributed by atoms with Crippen molar-refractivity contribution in [1.29, 1.82) is 0 Å². The number of hydrogen-bond donors (Lipinski definition) is 0. The summed E-state index contributed by atoms with van der Waals surface area (Å²) in [6, 6.07) is 8.75. The topological polar surface area (TPSA) is 0 Å². The first-order valence-electron chi connectivity index (χ1n) is 4.51. The van der Waals surface area contributed by atoms with Crippen molar-refractivity contribution >= 4 is 33.2 Å². The second-order valence-corrected chi connectivity index (χ2v) is 6.26. The molecule has 0 saturated heterocycles. The molecular weight excluding hydrogens is 196 g/mol. The number of benzene rings is 1. The van der Waals surface area contributed by atoms with E-state index >= 15 is 0 Å². The number of hydrogen-bond acceptors (Lipinski definition) is 2. The van der Waals surface area contributed by atoms with Gasteiger partial charge in [0, 0.05) is 9.95 Å². The molecule has 66 valence electrons. The van der Waals surface area contributed by atoms with E-state index in [1.807, 2.05) is 23.1 Å². The van der Waals surface area contributed by atoms with Crippen LogP contribution in [0.4, 0.5) is 0 Å². The van der Waals surface area contributed by atoms with Crippen molar-refractivity contribution in [2.75, 3.05) is 0 Å². The zero-order valence-corrected chi connectivity index (χ0v) is 9.04. The van der Waals surface area contributed by atoms with Crippen LogP contribution in [0.15, 0.2) is 28.5 Å². The Hall–Kier alpha value is -0.470. The highest BCUT2D eigenvalue weighted by Crippen LogP contribution is 2.46. The van der Waals surface area contributed by atoms with Crippen molar-refractivity contribution in [2.45, 2.75) is 22.8 Å². The molecule has 13 heavy (non-hydrogen) atoms. The van der Waals surface area contributed by atoms with Gasteiger partial charge in [-0.3, -0.25) is 0 Å². The Morgan fingerprint density at radius 3 is 3.08 bits per heavy atom. The maximum Gasteiger partial charge on any atom is 0.0646 e. The standard InChI is InChI=1S/C11H10S2/c1-7-6-9-8-4-2-3-5-10(8)13-11(9)12-7/h2-5,7H,6H2,1H3. The molecule has 0 spiro atoms. The predicted molar refractivity (Wildman–Crippen MR) is 60.8 cm³/mol. The summed E-state index contributed by atoms with van der Waals surface area (Å²) in [5.74, 6) is 0. The smallest absolute Gasteiger partial charge is 0.0646 e. The zero-order chi connectivity index (χ0) is 8.84. The molecule has 0 fully saturated rings. The Morgan fingerprint density at radius 1 is 1.31 bits per heavy atom. The summed E-state index contributed by atoms with van der Waals surface area (Å²) in [7, 11) is 0. The average Bonchev–Trinajstić information content (AvgIpc) is 2.60. The first-order chi connectivity index (χ1) is 6.34. The predicted octanol–water partition coefficient (Wildman–Crippen LogP) is 3.94. The summed E-state index contributed by atoms with van der Waals surface area (Å²) in [5.41, 5.74) is 1.60. The van der Waals surface area contributed by atoms with Gasteiger partial charge in [0.15, 0.2) is 0 Å². The summed E-state index contributed by atoms with van der Waals surface area (Å²) in [5, 5.41) is 2.27. The first-order valence-corrected chi connectivity index (χ1v) is 6.21. The second-order valence-electron chi connectivity index (χ2n) is 3.50. The number of fused-ring (bicyclic) bond motifs is 3. The monoisotopic (exact) mass is 206 g/mol. The molecule has 0 bridgehead atoms. The summed E-state index contributed by atoms with van der Waals surface area (Å²) < 4.78 is 3.00. The minimum Gasteiger partial charge on any atom is -0.129 e. The lowest BCUT2D eigenvalue weighted by Crippen LogP contribution is -1.91. The molecule has 1 aliphatic heterocycles. The van der Waals surface area contributed by atoms with Gasteiger partial charge in [0.25, 0.3) is 0 Å². The number of rotatable bonds is 0. The van der Waals surface area contributed by atoms with Gasteiger partial charge in [-0.25, -0.2) is 0 Å². The Kier molecular flexibility index (Phi) is 1.67. The molecule has 0 radical (unpaired) electrons. The summed E-state index contributed by atoms with van der Waals surface area (Å²) in [6.07, 6.45) is 1.25. The van der Waals surface area contributed by atoms with Crippen LogP contribution in [0, 0.1) is 0 Å². The molecule has 2 heterocycles. The molecule has 3 rings (SSSR count). The lowest BCUT2D eigenvalue weighted by Gasteiger charge is -1.97. The van der Waals surface area contributed by atoms with E-state index in [1.165, 1.54) is 16.5 Å². The molecule has 0 saturated carbocycles. The van der Waals surface area contributed by atoms with Crippen LogP contribution < -0.4 is 0 Å². The van der Waals surface area contributed by atoms with Gasteiger partial charge in [0.1, 0.15) is 0 Å². The summed E-state index contributed by atoms with van der Waals surface area (Å²) >= 11 is 3.99. The fourth-order valence-electron chi connectivity index (χ4n) is 1.88. The minimum absolute atomic E-state index is 0.783. The van der Waals surface area contributed by atoms with Crippen LogP contribution in [0.2, 0.25) is 0 Å². The van der Waals surface area contributed by atoms with Gasteiger partial charge in [-0.2, -0.15) is 0 Å². The molecule has 0 N–H and O–H groups in total. The van der Waals surface area contributed by atoms with Crippen LogP contribution in [0.25, 0.3) is 10.1 Å². The van der Waals surface area contributed by atoms with E-state index in [-0.39, 0.29) is 0 Å². The third kappa shape index (κ3) is 1.12. The van der Waals surface area contributed by atoms with Crippen LogP contribution in [0.3, 0.4) is 0 Å². The van der Waals surface area contributed by atoms with E-state index in [1.54, 1.807) is 9.77 Å².